The third kappa shape index (κ3) is 8.45. The molecule has 0 unspecified atom stereocenters. The predicted octanol–water partition coefficient (Wildman–Crippen LogP) is 8.34. The van der Waals surface area contributed by atoms with Crippen molar-refractivity contribution in [2.45, 2.75) is 51.1 Å². The monoisotopic (exact) mass is 660 g/mol. The summed E-state index contributed by atoms with van der Waals surface area (Å²) in [7, 11) is 0. The molecule has 252 valence electrons. The number of piperazine rings is 1. The van der Waals surface area contributed by atoms with E-state index in [0.717, 1.165) is 63.1 Å². The van der Waals surface area contributed by atoms with E-state index in [9.17, 15) is 0 Å². The molecular weight excluding hydrogens is 618 g/mol. The Morgan fingerprint density at radius 1 is 0.673 bits per heavy atom. The first-order valence-electron chi connectivity index (χ1n) is 17.2. The van der Waals surface area contributed by atoms with Gasteiger partial charge in [0.25, 0.3) is 0 Å². The third-order valence-electron chi connectivity index (χ3n) is 9.54. The van der Waals surface area contributed by atoms with E-state index in [2.05, 4.69) is 50.4 Å². The molecule has 1 saturated heterocycles. The molecule has 1 aromatic heterocycles. The number of rotatable bonds is 12. The molecule has 1 aliphatic heterocycles. The van der Waals surface area contributed by atoms with E-state index in [1.807, 2.05) is 60.7 Å². The molecule has 6 nitrogen and oxygen atoms in total. The van der Waals surface area contributed by atoms with E-state index in [-0.39, 0.29) is 29.7 Å². The van der Waals surface area contributed by atoms with Crippen molar-refractivity contribution < 1.29 is 18.3 Å². The highest BCUT2D eigenvalue weighted by Crippen LogP contribution is 2.37. The molecule has 0 spiro atoms. The number of aromatic nitrogens is 1. The van der Waals surface area contributed by atoms with Gasteiger partial charge in [-0.2, -0.15) is 4.98 Å². The number of anilines is 1. The topological polar surface area (TPSA) is 49.9 Å². The predicted molar refractivity (Wildman–Crippen MR) is 189 cm³/mol. The van der Waals surface area contributed by atoms with Crippen molar-refractivity contribution in [1.29, 1.82) is 0 Å². The summed E-state index contributed by atoms with van der Waals surface area (Å²) in [5, 5.41) is 3.43. The summed E-state index contributed by atoms with van der Waals surface area (Å²) in [5.41, 5.74) is 3.75. The van der Waals surface area contributed by atoms with Crippen LogP contribution >= 0.6 is 0 Å². The van der Waals surface area contributed by atoms with Gasteiger partial charge in [0, 0.05) is 56.6 Å². The van der Waals surface area contributed by atoms with Crippen LogP contribution in [0.3, 0.4) is 0 Å². The molecule has 2 atom stereocenters. The van der Waals surface area contributed by atoms with Crippen LogP contribution in [0.1, 0.15) is 36.0 Å². The van der Waals surface area contributed by atoms with Gasteiger partial charge in [-0.3, -0.25) is 9.80 Å². The lowest BCUT2D eigenvalue weighted by molar-refractivity contribution is 0.0934. The molecular formula is C41H42F2N4O2. The van der Waals surface area contributed by atoms with Crippen molar-refractivity contribution in [3.8, 4) is 22.9 Å². The van der Waals surface area contributed by atoms with Crippen molar-refractivity contribution in [2.24, 2.45) is 0 Å². The summed E-state index contributed by atoms with van der Waals surface area (Å²) in [5.74, 6) is -0.926. The first-order valence-corrected chi connectivity index (χ1v) is 17.2. The zero-order chi connectivity index (χ0) is 33.4. The highest BCUT2D eigenvalue weighted by Gasteiger charge is 2.31. The Morgan fingerprint density at radius 2 is 1.27 bits per heavy atom. The van der Waals surface area contributed by atoms with Crippen molar-refractivity contribution in [2.75, 3.05) is 31.5 Å². The SMILES string of the molecule is Fc1cc(N[C@@H]2CC[C@H](N3CCN(Cc4ccccc4)CC3)C2)cc(F)c1-c1ccc(OCc2ccccc2)nc1OCc1ccccc1. The Morgan fingerprint density at radius 3 is 1.90 bits per heavy atom. The third-order valence-corrected chi connectivity index (χ3v) is 9.54. The first-order chi connectivity index (χ1) is 24.1. The lowest BCUT2D eigenvalue weighted by Gasteiger charge is -2.38. The van der Waals surface area contributed by atoms with E-state index in [4.69, 9.17) is 9.47 Å². The van der Waals surface area contributed by atoms with Gasteiger partial charge in [0.2, 0.25) is 11.8 Å². The Balaban J connectivity index is 1.01. The lowest BCUT2D eigenvalue weighted by Crippen LogP contribution is -2.49. The fourth-order valence-corrected chi connectivity index (χ4v) is 6.96. The van der Waals surface area contributed by atoms with Crippen LogP contribution in [0.2, 0.25) is 0 Å². The molecule has 49 heavy (non-hydrogen) atoms. The molecule has 2 fully saturated rings. The van der Waals surface area contributed by atoms with Crippen molar-refractivity contribution in [1.82, 2.24) is 14.8 Å². The number of ether oxygens (including phenoxy) is 2. The Bertz CT molecular complexity index is 1780. The average molecular weight is 661 g/mol. The molecule has 1 N–H and O–H groups in total. The van der Waals surface area contributed by atoms with Gasteiger partial charge in [-0.25, -0.2) is 8.78 Å². The molecule has 0 bridgehead atoms. The van der Waals surface area contributed by atoms with Gasteiger partial charge in [-0.15, -0.1) is 0 Å². The molecule has 7 rings (SSSR count). The van der Waals surface area contributed by atoms with Gasteiger partial charge in [0.15, 0.2) is 0 Å². The summed E-state index contributed by atoms with van der Waals surface area (Å²) in [4.78, 5) is 9.65. The quantitative estimate of drug-likeness (QED) is 0.145. The number of nitrogens with one attached hydrogen (secondary N) is 1. The maximum absolute atomic E-state index is 15.8. The molecule has 2 aliphatic rings. The maximum atomic E-state index is 15.8. The summed E-state index contributed by atoms with van der Waals surface area (Å²) < 4.78 is 43.7. The number of nitrogens with zero attached hydrogens (tertiary/aromatic N) is 3. The van der Waals surface area contributed by atoms with E-state index in [0.29, 0.717) is 24.2 Å². The normalized spacial score (nSPS) is 18.3. The molecule has 1 aliphatic carbocycles. The van der Waals surface area contributed by atoms with Gasteiger partial charge in [-0.05, 0) is 54.2 Å². The number of hydrogen-bond donors (Lipinski definition) is 1. The molecule has 2 heterocycles. The van der Waals surface area contributed by atoms with Crippen LogP contribution in [0, 0.1) is 11.6 Å². The van der Waals surface area contributed by atoms with Crippen LogP contribution in [0.15, 0.2) is 115 Å². The average Bonchev–Trinajstić information content (AvgIpc) is 3.60. The summed E-state index contributed by atoms with van der Waals surface area (Å²) in [6, 6.07) is 36.6. The first kappa shape index (κ1) is 32.7. The van der Waals surface area contributed by atoms with Gasteiger partial charge in [0.1, 0.15) is 24.8 Å². The zero-order valence-corrected chi connectivity index (χ0v) is 27.6. The zero-order valence-electron chi connectivity index (χ0n) is 27.6. The number of benzene rings is 4. The Labute approximate surface area is 287 Å². The van der Waals surface area contributed by atoms with Crippen molar-refractivity contribution >= 4 is 5.69 Å². The number of halogens is 2. The minimum atomic E-state index is -0.670. The number of pyridine rings is 1. The fourth-order valence-electron chi connectivity index (χ4n) is 6.96. The highest BCUT2D eigenvalue weighted by molar-refractivity contribution is 5.72. The van der Waals surface area contributed by atoms with E-state index < -0.39 is 11.6 Å². The number of hydrogen-bond acceptors (Lipinski definition) is 6. The Kier molecular flexibility index (Phi) is 10.4. The van der Waals surface area contributed by atoms with Crippen LogP contribution in [-0.2, 0) is 19.8 Å². The molecule has 1 saturated carbocycles. The summed E-state index contributed by atoms with van der Waals surface area (Å²) in [6.07, 6.45) is 2.99. The van der Waals surface area contributed by atoms with Gasteiger partial charge < -0.3 is 14.8 Å². The molecule has 5 aromatic rings. The van der Waals surface area contributed by atoms with Gasteiger partial charge >= 0.3 is 0 Å². The van der Waals surface area contributed by atoms with Crippen LogP contribution in [0.25, 0.3) is 11.1 Å². The highest BCUT2D eigenvalue weighted by atomic mass is 19.1. The van der Waals surface area contributed by atoms with E-state index in [1.54, 1.807) is 12.1 Å². The molecule has 0 radical (unpaired) electrons. The van der Waals surface area contributed by atoms with Gasteiger partial charge in [0.05, 0.1) is 11.1 Å². The summed E-state index contributed by atoms with van der Waals surface area (Å²) in [6.45, 7) is 5.67. The van der Waals surface area contributed by atoms with E-state index in [1.165, 1.54) is 17.7 Å². The maximum Gasteiger partial charge on any atom is 0.225 e. The van der Waals surface area contributed by atoms with Crippen molar-refractivity contribution in [3.05, 3.63) is 144 Å². The second-order valence-corrected chi connectivity index (χ2v) is 13.0. The molecule has 8 heteroatoms. The smallest absolute Gasteiger partial charge is 0.225 e. The fraction of sp³-hybridized carbons (Fsp3) is 0.293. The van der Waals surface area contributed by atoms with Crippen molar-refractivity contribution in [3.63, 3.8) is 0 Å². The Hall–Kier alpha value is -4.79. The minimum Gasteiger partial charge on any atom is -0.473 e. The standard InChI is InChI=1S/C41H42F2N4O2/c42-37-25-34(44-33-16-17-35(24-33)47-22-20-46(21-23-47)27-30-10-4-1-5-11-30)26-38(43)40(37)36-18-19-39(48-28-31-12-6-2-7-13-31)45-41(36)49-29-32-14-8-3-9-15-32/h1-15,18-19,25-26,33,35,44H,16-17,20-24,27-29H2/t33-,35+/m1/s1. The lowest BCUT2D eigenvalue weighted by atomic mass is 10.0. The second-order valence-electron chi connectivity index (χ2n) is 13.0. The largest absolute Gasteiger partial charge is 0.473 e. The summed E-state index contributed by atoms with van der Waals surface area (Å²) >= 11 is 0. The van der Waals surface area contributed by atoms with Crippen LogP contribution < -0.4 is 14.8 Å². The van der Waals surface area contributed by atoms with Gasteiger partial charge in [-0.1, -0.05) is 91.0 Å². The van der Waals surface area contributed by atoms with Crippen LogP contribution in [0.4, 0.5) is 14.5 Å². The molecule has 0 amide bonds. The van der Waals surface area contributed by atoms with Crippen LogP contribution in [-0.4, -0.2) is 53.0 Å². The minimum absolute atomic E-state index is 0.107. The second kappa shape index (κ2) is 15.6. The van der Waals surface area contributed by atoms with Crippen LogP contribution in [0.5, 0.6) is 11.8 Å². The molecule has 4 aromatic carbocycles. The van der Waals surface area contributed by atoms with E-state index >= 15 is 8.78 Å².